The Kier molecular flexibility index (Phi) is 9.56. The Labute approximate surface area is 297 Å². The lowest BCUT2D eigenvalue weighted by Crippen LogP contribution is -2.39. The number of hydrogen-bond acceptors (Lipinski definition) is 7. The number of nitrogens with zero attached hydrogens (tertiary/aromatic N) is 6. The van der Waals surface area contributed by atoms with Crippen molar-refractivity contribution in [1.82, 2.24) is 25.2 Å². The summed E-state index contributed by atoms with van der Waals surface area (Å²) < 4.78 is 6.98. The maximum absolute atomic E-state index is 12.5. The molecule has 7 aromatic rings. The first kappa shape index (κ1) is 32.9. The van der Waals surface area contributed by atoms with Crippen molar-refractivity contribution in [3.05, 3.63) is 198 Å². The Bertz CT molecular complexity index is 2140. The predicted octanol–water partition coefficient (Wildman–Crippen LogP) is 8.22. The van der Waals surface area contributed by atoms with Crippen molar-refractivity contribution < 1.29 is 9.53 Å². The van der Waals surface area contributed by atoms with Gasteiger partial charge in [-0.2, -0.15) is 0 Å². The van der Waals surface area contributed by atoms with Crippen molar-refractivity contribution in [2.75, 3.05) is 18.6 Å². The number of carbonyl (C=O) groups excluding carboxylic acids is 1. The fourth-order valence-electron chi connectivity index (χ4n) is 6.73. The third-order valence-electron chi connectivity index (χ3n) is 9.01. The van der Waals surface area contributed by atoms with Gasteiger partial charge >= 0.3 is 5.97 Å². The van der Waals surface area contributed by atoms with Gasteiger partial charge in [-0.1, -0.05) is 146 Å². The number of anilines is 1. The summed E-state index contributed by atoms with van der Waals surface area (Å²) in [6, 6.07) is 51.2. The average Bonchev–Trinajstić information content (AvgIpc) is 3.69. The zero-order valence-electron chi connectivity index (χ0n) is 28.2. The molecule has 8 heteroatoms. The number of methoxy groups -OCH3 is 1. The minimum atomic E-state index is -0.872. The molecule has 0 N–H and O–H groups in total. The van der Waals surface area contributed by atoms with E-state index in [-0.39, 0.29) is 0 Å². The Morgan fingerprint density at radius 2 is 1.31 bits per heavy atom. The first-order chi connectivity index (χ1) is 25.1. The highest BCUT2D eigenvalue weighted by Crippen LogP contribution is 2.43. The largest absolute Gasteiger partial charge is 0.465 e. The van der Waals surface area contributed by atoms with Gasteiger partial charge in [0.05, 0.1) is 7.11 Å². The monoisotopic (exact) mass is 668 g/mol. The van der Waals surface area contributed by atoms with Gasteiger partial charge in [0.1, 0.15) is 16.9 Å². The molecule has 0 spiro atoms. The van der Waals surface area contributed by atoms with Gasteiger partial charge in [0.2, 0.25) is 0 Å². The highest BCUT2D eigenvalue weighted by atomic mass is 16.5. The molecule has 250 valence electrons. The predicted molar refractivity (Wildman–Crippen MR) is 200 cm³/mol. The second kappa shape index (κ2) is 14.8. The number of pyridine rings is 1. The highest BCUT2D eigenvalue weighted by molar-refractivity contribution is 5.94. The van der Waals surface area contributed by atoms with Crippen molar-refractivity contribution in [3.63, 3.8) is 0 Å². The normalized spacial score (nSPS) is 11.2. The number of hydrogen-bond donors (Lipinski definition) is 0. The van der Waals surface area contributed by atoms with Crippen molar-refractivity contribution in [2.45, 2.75) is 12.1 Å². The van der Waals surface area contributed by atoms with Gasteiger partial charge in [0, 0.05) is 24.8 Å². The van der Waals surface area contributed by atoms with Gasteiger partial charge in [-0.15, -0.1) is 11.7 Å². The minimum absolute atomic E-state index is 0.405. The molecule has 0 saturated carbocycles. The van der Waals surface area contributed by atoms with Gasteiger partial charge < -0.3 is 9.64 Å². The van der Waals surface area contributed by atoms with Crippen LogP contribution in [-0.4, -0.2) is 44.8 Å². The lowest BCUT2D eigenvalue weighted by atomic mass is 9.77. The van der Waals surface area contributed by atoms with E-state index in [1.165, 1.54) is 7.11 Å². The topological polar surface area (TPSA) is 86.0 Å². The Balaban J connectivity index is 1.31. The maximum atomic E-state index is 12.5. The molecule has 0 amide bonds. The van der Waals surface area contributed by atoms with Crippen LogP contribution in [0, 0.1) is 0 Å². The van der Waals surface area contributed by atoms with Crippen LogP contribution in [0.2, 0.25) is 0 Å². The van der Waals surface area contributed by atoms with Gasteiger partial charge in [0.15, 0.2) is 5.82 Å². The Morgan fingerprint density at radius 3 is 1.88 bits per heavy atom. The van der Waals surface area contributed by atoms with Crippen LogP contribution in [0.15, 0.2) is 171 Å². The number of esters is 1. The van der Waals surface area contributed by atoms with Crippen LogP contribution in [0.3, 0.4) is 0 Å². The first-order valence-corrected chi connectivity index (χ1v) is 16.7. The fraction of sp³-hybridized carbons (Fsp3) is 0.0930. The molecule has 0 saturated heterocycles. The van der Waals surface area contributed by atoms with Crippen LogP contribution in [-0.2, 0) is 16.8 Å². The summed E-state index contributed by atoms with van der Waals surface area (Å²) in [6.07, 6.45) is 3.47. The molecule has 2 aromatic heterocycles. The van der Waals surface area contributed by atoms with Gasteiger partial charge in [0.25, 0.3) is 0 Å². The molecular formula is C43H36N6O2. The molecule has 0 atom stereocenters. The minimum Gasteiger partial charge on any atom is -0.465 e. The molecule has 0 bridgehead atoms. The van der Waals surface area contributed by atoms with Crippen LogP contribution in [0.25, 0.3) is 22.5 Å². The summed E-state index contributed by atoms with van der Waals surface area (Å²) in [5, 5.41) is 13.8. The zero-order valence-corrected chi connectivity index (χ0v) is 28.2. The van der Waals surface area contributed by atoms with E-state index in [0.29, 0.717) is 30.3 Å². The van der Waals surface area contributed by atoms with Gasteiger partial charge in [-0.25, -0.2) is 14.5 Å². The van der Waals surface area contributed by atoms with Crippen molar-refractivity contribution in [1.29, 1.82) is 0 Å². The fourth-order valence-corrected chi connectivity index (χ4v) is 6.73. The molecule has 7 rings (SSSR count). The Morgan fingerprint density at radius 1 is 0.745 bits per heavy atom. The maximum Gasteiger partial charge on any atom is 0.341 e. The number of ether oxygens (including phenoxy) is 1. The quantitative estimate of drug-likeness (QED) is 0.0737. The molecule has 0 unspecified atom stereocenters. The number of benzene rings is 5. The molecule has 0 aliphatic heterocycles. The average molecular weight is 669 g/mol. The van der Waals surface area contributed by atoms with Crippen LogP contribution in [0.4, 0.5) is 5.82 Å². The number of rotatable bonds is 12. The van der Waals surface area contributed by atoms with E-state index in [1.807, 2.05) is 39.9 Å². The number of aromatic nitrogens is 5. The van der Waals surface area contributed by atoms with E-state index >= 15 is 0 Å². The summed E-state index contributed by atoms with van der Waals surface area (Å²) >= 11 is 0. The standard InChI is InChI=1S/C43H36N6O2/c1-3-30-48(40-39(42(50)51-2)24-15-29-44-40)31-32-25-27-33(28-26-32)37-22-13-14-23-38(37)41-45-46-47-49(41)43(34-16-7-4-8-17-34,35-18-9-5-10-19-35)36-20-11-6-12-21-36/h3-29H,1,30-31H2,2H3. The SMILES string of the molecule is C=CCN(Cc1ccc(-c2ccccc2-c2nnnn2C(c2ccccc2)(c2ccccc2)c2ccccc2)cc1)c1ncccc1C(=O)OC. The molecule has 0 radical (unpaired) electrons. The van der Waals surface area contributed by atoms with E-state index in [9.17, 15) is 4.79 Å². The Hall–Kier alpha value is -6.67. The molecule has 5 aromatic carbocycles. The van der Waals surface area contributed by atoms with Crippen LogP contribution >= 0.6 is 0 Å². The van der Waals surface area contributed by atoms with Crippen LogP contribution < -0.4 is 4.90 Å². The third-order valence-corrected chi connectivity index (χ3v) is 9.01. The van der Waals surface area contributed by atoms with E-state index in [4.69, 9.17) is 15.0 Å². The summed E-state index contributed by atoms with van der Waals surface area (Å²) in [5.74, 6) is 0.746. The second-order valence-electron chi connectivity index (χ2n) is 12.0. The number of carbonyl (C=O) groups is 1. The van der Waals surface area contributed by atoms with Gasteiger partial charge in [-0.05, 0) is 55.9 Å². The van der Waals surface area contributed by atoms with Crippen molar-refractivity contribution in [2.24, 2.45) is 0 Å². The molecular weight excluding hydrogens is 633 g/mol. The van der Waals surface area contributed by atoms with Gasteiger partial charge in [-0.3, -0.25) is 0 Å². The summed E-state index contributed by atoms with van der Waals surface area (Å²) in [6.45, 7) is 4.94. The molecule has 0 fully saturated rings. The smallest absolute Gasteiger partial charge is 0.341 e. The molecule has 8 nitrogen and oxygen atoms in total. The van der Waals surface area contributed by atoms with E-state index in [0.717, 1.165) is 38.9 Å². The first-order valence-electron chi connectivity index (χ1n) is 16.7. The lowest BCUT2D eigenvalue weighted by Gasteiger charge is -2.36. The zero-order chi connectivity index (χ0) is 35.0. The third kappa shape index (κ3) is 6.31. The van der Waals surface area contributed by atoms with Crippen molar-refractivity contribution >= 4 is 11.8 Å². The van der Waals surface area contributed by atoms with E-state index in [1.54, 1.807) is 24.4 Å². The summed E-state index contributed by atoms with van der Waals surface area (Å²) in [4.78, 5) is 19.0. The van der Waals surface area contributed by atoms with E-state index in [2.05, 4.69) is 126 Å². The summed E-state index contributed by atoms with van der Waals surface area (Å²) in [5.41, 5.74) is 6.57. The van der Waals surface area contributed by atoms with Crippen molar-refractivity contribution in [3.8, 4) is 22.5 Å². The lowest BCUT2D eigenvalue weighted by molar-refractivity contribution is 0.0601. The van der Waals surface area contributed by atoms with E-state index < -0.39 is 11.5 Å². The second-order valence-corrected chi connectivity index (χ2v) is 12.0. The summed E-state index contributed by atoms with van der Waals surface area (Å²) in [7, 11) is 1.37. The van der Waals surface area contributed by atoms with Crippen LogP contribution in [0.1, 0.15) is 32.6 Å². The number of tetrazole rings is 1. The van der Waals surface area contributed by atoms with Crippen LogP contribution in [0.5, 0.6) is 0 Å². The molecule has 2 heterocycles. The molecule has 0 aliphatic carbocycles. The molecule has 0 aliphatic rings. The molecule has 51 heavy (non-hydrogen) atoms. The highest BCUT2D eigenvalue weighted by Gasteiger charge is 2.42.